The zero-order chi connectivity index (χ0) is 19.5. The van der Waals surface area contributed by atoms with Crippen LogP contribution in [0.2, 0.25) is 0 Å². The van der Waals surface area contributed by atoms with Gasteiger partial charge in [-0.1, -0.05) is 6.07 Å². The van der Waals surface area contributed by atoms with Crippen molar-refractivity contribution in [2.75, 3.05) is 24.5 Å². The first kappa shape index (κ1) is 19.4. The van der Waals surface area contributed by atoms with Crippen LogP contribution in [0.5, 0.6) is 0 Å². The summed E-state index contributed by atoms with van der Waals surface area (Å²) in [5.74, 6) is -0.0912. The van der Waals surface area contributed by atoms with Crippen molar-refractivity contribution in [3.63, 3.8) is 0 Å². The summed E-state index contributed by atoms with van der Waals surface area (Å²) < 4.78 is 13.5. The number of carbonyl (C=O) groups excluding carboxylic acids is 1. The summed E-state index contributed by atoms with van der Waals surface area (Å²) >= 11 is 1.85. The summed E-state index contributed by atoms with van der Waals surface area (Å²) in [5, 5.41) is 1.63. The number of amides is 1. The van der Waals surface area contributed by atoms with Gasteiger partial charge in [-0.15, -0.1) is 11.8 Å². The van der Waals surface area contributed by atoms with Crippen LogP contribution in [0.25, 0.3) is 0 Å². The fourth-order valence-corrected chi connectivity index (χ4v) is 5.32. The number of thioether (sulfide) groups is 1. The fraction of sp³-hybridized carbons (Fsp3) is 0.455. The van der Waals surface area contributed by atoms with E-state index in [1.165, 1.54) is 12.1 Å². The average molecular weight is 400 g/mol. The Balaban J connectivity index is 1.39. The number of benzene rings is 1. The van der Waals surface area contributed by atoms with Gasteiger partial charge in [0, 0.05) is 23.7 Å². The fourth-order valence-electron chi connectivity index (χ4n) is 4.25. The molecule has 3 heterocycles. The summed E-state index contributed by atoms with van der Waals surface area (Å²) in [7, 11) is 0. The minimum atomic E-state index is -0.255. The van der Waals surface area contributed by atoms with Crippen LogP contribution in [0.15, 0.2) is 47.6 Å². The lowest BCUT2D eigenvalue weighted by Crippen LogP contribution is -2.54. The van der Waals surface area contributed by atoms with Gasteiger partial charge in [0.15, 0.2) is 0 Å². The quantitative estimate of drug-likeness (QED) is 0.769. The SMILES string of the molecule is Cc1cc(F)ccc1N1CCCC(N2CCC(Sc3ccccn3)CC2)C1=O. The number of aryl methyl sites for hydroxylation is 1. The molecule has 1 aromatic heterocycles. The molecule has 28 heavy (non-hydrogen) atoms. The lowest BCUT2D eigenvalue weighted by Gasteiger charge is -2.41. The van der Waals surface area contributed by atoms with Crippen molar-refractivity contribution in [2.45, 2.75) is 48.9 Å². The number of carbonyl (C=O) groups is 1. The van der Waals surface area contributed by atoms with Crippen LogP contribution in [-0.4, -0.2) is 46.7 Å². The minimum Gasteiger partial charge on any atom is -0.311 e. The Hall–Kier alpha value is -1.92. The number of likely N-dealkylation sites (tertiary alicyclic amines) is 1. The lowest BCUT2D eigenvalue weighted by molar-refractivity contribution is -0.125. The molecule has 1 atom stereocenters. The summed E-state index contributed by atoms with van der Waals surface area (Å²) in [6, 6.07) is 10.7. The monoisotopic (exact) mass is 399 g/mol. The van der Waals surface area contributed by atoms with Gasteiger partial charge in [-0.3, -0.25) is 9.69 Å². The number of nitrogens with zero attached hydrogens (tertiary/aromatic N) is 3. The molecule has 0 aliphatic carbocycles. The van der Waals surface area contributed by atoms with E-state index in [0.717, 1.165) is 55.0 Å². The maximum Gasteiger partial charge on any atom is 0.244 e. The molecule has 6 heteroatoms. The highest BCUT2D eigenvalue weighted by atomic mass is 32.2. The van der Waals surface area contributed by atoms with Crippen molar-refractivity contribution in [1.82, 2.24) is 9.88 Å². The number of piperidine rings is 2. The number of pyridine rings is 1. The van der Waals surface area contributed by atoms with E-state index < -0.39 is 0 Å². The first-order valence-electron chi connectivity index (χ1n) is 10.0. The molecule has 0 saturated carbocycles. The number of hydrogen-bond acceptors (Lipinski definition) is 4. The second-order valence-corrected chi connectivity index (χ2v) is 8.92. The third kappa shape index (κ3) is 4.23. The van der Waals surface area contributed by atoms with Crippen molar-refractivity contribution in [1.29, 1.82) is 0 Å². The number of anilines is 1. The van der Waals surface area contributed by atoms with E-state index in [-0.39, 0.29) is 17.8 Å². The van der Waals surface area contributed by atoms with E-state index in [1.54, 1.807) is 6.07 Å². The first-order valence-corrected chi connectivity index (χ1v) is 10.9. The van der Waals surface area contributed by atoms with Gasteiger partial charge in [-0.05, 0) is 81.6 Å². The second-order valence-electron chi connectivity index (χ2n) is 7.60. The summed E-state index contributed by atoms with van der Waals surface area (Å²) in [5.41, 5.74) is 1.66. The van der Waals surface area contributed by atoms with Gasteiger partial charge < -0.3 is 4.90 Å². The van der Waals surface area contributed by atoms with Crippen molar-refractivity contribution in [3.8, 4) is 0 Å². The topological polar surface area (TPSA) is 36.4 Å². The Bertz CT molecular complexity index is 824. The van der Waals surface area contributed by atoms with Gasteiger partial charge in [0.2, 0.25) is 5.91 Å². The summed E-state index contributed by atoms with van der Waals surface area (Å²) in [4.78, 5) is 21.8. The molecule has 2 aliphatic rings. The molecule has 0 spiro atoms. The number of halogens is 1. The van der Waals surface area contributed by atoms with E-state index >= 15 is 0 Å². The Kier molecular flexibility index (Phi) is 5.97. The molecule has 148 valence electrons. The van der Waals surface area contributed by atoms with Gasteiger partial charge in [-0.25, -0.2) is 9.37 Å². The highest BCUT2D eigenvalue weighted by Gasteiger charge is 2.36. The molecule has 4 nitrogen and oxygen atoms in total. The van der Waals surface area contributed by atoms with Gasteiger partial charge in [0.25, 0.3) is 0 Å². The van der Waals surface area contributed by atoms with Crippen LogP contribution >= 0.6 is 11.8 Å². The van der Waals surface area contributed by atoms with Gasteiger partial charge in [-0.2, -0.15) is 0 Å². The van der Waals surface area contributed by atoms with Crippen molar-refractivity contribution in [2.24, 2.45) is 0 Å². The van der Waals surface area contributed by atoms with Gasteiger partial charge >= 0.3 is 0 Å². The third-order valence-electron chi connectivity index (χ3n) is 5.70. The second kappa shape index (κ2) is 8.62. The van der Waals surface area contributed by atoms with Crippen LogP contribution in [0.4, 0.5) is 10.1 Å². The van der Waals surface area contributed by atoms with E-state index in [9.17, 15) is 9.18 Å². The largest absolute Gasteiger partial charge is 0.311 e. The average Bonchev–Trinajstić information content (AvgIpc) is 2.70. The molecular weight excluding hydrogens is 373 g/mol. The Morgan fingerprint density at radius 1 is 1.11 bits per heavy atom. The molecule has 1 amide bonds. The highest BCUT2D eigenvalue weighted by Crippen LogP contribution is 2.32. The molecule has 2 aromatic rings. The third-order valence-corrected chi connectivity index (χ3v) is 6.99. The molecular formula is C22H26FN3OS. The molecule has 2 saturated heterocycles. The summed E-state index contributed by atoms with van der Waals surface area (Å²) in [6.07, 6.45) is 5.87. The molecule has 4 rings (SSSR count). The Labute approximate surface area is 170 Å². The van der Waals surface area contributed by atoms with E-state index in [4.69, 9.17) is 0 Å². The van der Waals surface area contributed by atoms with E-state index in [2.05, 4.69) is 16.0 Å². The lowest BCUT2D eigenvalue weighted by atomic mass is 9.98. The molecule has 0 N–H and O–H groups in total. The predicted octanol–water partition coefficient (Wildman–Crippen LogP) is 4.28. The molecule has 0 bridgehead atoms. The molecule has 2 fully saturated rings. The highest BCUT2D eigenvalue weighted by molar-refractivity contribution is 7.99. The van der Waals surface area contributed by atoms with Crippen LogP contribution < -0.4 is 4.90 Å². The minimum absolute atomic E-state index is 0.0565. The normalized spacial score (nSPS) is 21.9. The Morgan fingerprint density at radius 2 is 1.93 bits per heavy atom. The van der Waals surface area contributed by atoms with Crippen molar-refractivity contribution >= 4 is 23.4 Å². The number of rotatable bonds is 4. The zero-order valence-electron chi connectivity index (χ0n) is 16.2. The van der Waals surface area contributed by atoms with E-state index in [0.29, 0.717) is 11.8 Å². The zero-order valence-corrected chi connectivity index (χ0v) is 17.0. The van der Waals surface area contributed by atoms with Crippen LogP contribution in [0.1, 0.15) is 31.2 Å². The van der Waals surface area contributed by atoms with Crippen LogP contribution in [0, 0.1) is 12.7 Å². The van der Waals surface area contributed by atoms with Crippen molar-refractivity contribution in [3.05, 3.63) is 54.0 Å². The van der Waals surface area contributed by atoms with Crippen LogP contribution in [0.3, 0.4) is 0 Å². The number of hydrogen-bond donors (Lipinski definition) is 0. The van der Waals surface area contributed by atoms with Crippen LogP contribution in [-0.2, 0) is 4.79 Å². The smallest absolute Gasteiger partial charge is 0.244 e. The molecule has 1 unspecified atom stereocenters. The maximum atomic E-state index is 13.5. The first-order chi connectivity index (χ1) is 13.6. The summed E-state index contributed by atoms with van der Waals surface area (Å²) in [6.45, 7) is 4.47. The molecule has 1 aromatic carbocycles. The number of aromatic nitrogens is 1. The van der Waals surface area contributed by atoms with Gasteiger partial charge in [0.1, 0.15) is 5.82 Å². The predicted molar refractivity (Wildman–Crippen MR) is 111 cm³/mol. The van der Waals surface area contributed by atoms with Gasteiger partial charge in [0.05, 0.1) is 11.1 Å². The van der Waals surface area contributed by atoms with Crippen molar-refractivity contribution < 1.29 is 9.18 Å². The standard InChI is InChI=1S/C22H26FN3OS/c1-16-15-17(23)7-8-19(16)26-12-4-5-20(22(26)27)25-13-9-18(10-14-25)28-21-6-2-3-11-24-21/h2-3,6-8,11,15,18,20H,4-5,9-10,12-14H2,1H3. The van der Waals surface area contributed by atoms with E-state index in [1.807, 2.05) is 41.9 Å². The molecule has 2 aliphatic heterocycles. The maximum absolute atomic E-state index is 13.5. The Morgan fingerprint density at radius 3 is 2.64 bits per heavy atom. The molecule has 0 radical (unpaired) electrons.